The van der Waals surface area contributed by atoms with Gasteiger partial charge in [-0.2, -0.15) is 9.97 Å². The Kier molecular flexibility index (Phi) is 7.28. The van der Waals surface area contributed by atoms with Gasteiger partial charge in [-0.25, -0.2) is 0 Å². The number of nitrogens with zero attached hydrogens (tertiary/aromatic N) is 4. The summed E-state index contributed by atoms with van der Waals surface area (Å²) in [6, 6.07) is 2.69. The molecule has 1 aromatic heterocycles. The third-order valence-corrected chi connectivity index (χ3v) is 6.96. The zero-order valence-electron chi connectivity index (χ0n) is 18.7. The molecule has 1 aromatic rings. The Morgan fingerprint density at radius 3 is 2.13 bits per heavy atom. The summed E-state index contributed by atoms with van der Waals surface area (Å²) >= 11 is 5.60. The summed E-state index contributed by atoms with van der Waals surface area (Å²) in [5, 5.41) is 7.43. The summed E-state index contributed by atoms with van der Waals surface area (Å²) in [4.78, 5) is 14.7. The van der Waals surface area contributed by atoms with Gasteiger partial charge in [-0.15, -0.1) is 0 Å². The van der Waals surface area contributed by atoms with Gasteiger partial charge in [0.05, 0.1) is 0 Å². The summed E-state index contributed by atoms with van der Waals surface area (Å²) in [7, 11) is 0. The zero-order valence-corrected chi connectivity index (χ0v) is 19.5. The molecule has 6 nitrogen and oxygen atoms in total. The minimum atomic E-state index is 0.488. The molecule has 30 heavy (non-hydrogen) atoms. The van der Waals surface area contributed by atoms with Crippen LogP contribution in [-0.2, 0) is 0 Å². The zero-order chi connectivity index (χ0) is 20.9. The van der Waals surface area contributed by atoms with E-state index in [0.717, 1.165) is 37.8 Å². The van der Waals surface area contributed by atoms with Crippen molar-refractivity contribution in [3.8, 4) is 0 Å². The van der Waals surface area contributed by atoms with Gasteiger partial charge in [-0.3, -0.25) is 0 Å². The molecule has 2 aliphatic heterocycles. The van der Waals surface area contributed by atoms with Crippen LogP contribution in [0.2, 0.25) is 0 Å². The molecule has 2 N–H and O–H groups in total. The Labute approximate surface area is 187 Å². The number of rotatable bonds is 4. The molecule has 3 aliphatic rings. The van der Waals surface area contributed by atoms with E-state index in [1.54, 1.807) is 0 Å². The van der Waals surface area contributed by atoms with Gasteiger partial charge in [0.1, 0.15) is 11.6 Å². The van der Waals surface area contributed by atoms with E-state index in [4.69, 9.17) is 22.2 Å². The van der Waals surface area contributed by atoms with Crippen molar-refractivity contribution in [2.75, 3.05) is 41.3 Å². The minimum Gasteiger partial charge on any atom is -0.360 e. The average Bonchev–Trinajstić information content (AvgIpc) is 3.06. The molecular formula is C23H38N6S. The van der Waals surface area contributed by atoms with Crippen molar-refractivity contribution < 1.29 is 0 Å². The Morgan fingerprint density at radius 2 is 1.50 bits per heavy atom. The number of hydrogen-bond donors (Lipinski definition) is 2. The second-order valence-electron chi connectivity index (χ2n) is 9.74. The highest BCUT2D eigenvalue weighted by molar-refractivity contribution is 7.80. The molecular weight excluding hydrogens is 392 g/mol. The maximum atomic E-state index is 5.60. The van der Waals surface area contributed by atoms with Crippen molar-refractivity contribution in [3.63, 3.8) is 0 Å². The normalized spacial score (nSPS) is 25.8. The highest BCUT2D eigenvalue weighted by Crippen LogP contribution is 2.29. The first-order valence-electron chi connectivity index (χ1n) is 12.0. The summed E-state index contributed by atoms with van der Waals surface area (Å²) in [6.07, 6.45) is 11.4. The average molecular weight is 431 g/mol. The number of hydrogen-bond acceptors (Lipinski definition) is 5. The molecule has 2 unspecified atom stereocenters. The van der Waals surface area contributed by atoms with Crippen LogP contribution in [0.1, 0.15) is 71.6 Å². The van der Waals surface area contributed by atoms with E-state index in [-0.39, 0.29) is 0 Å². The standard InChI is InChI=1S/C23H38N6S/c1-17-13-18(2)16-29(15-17)21-14-20(28-11-7-3-4-8-12-28)25-22(26-21)27-23(30)24-19-9-5-6-10-19/h14,17-19H,3-13,15-16H2,1-2H3,(H2,24,25,26,27,30). The fourth-order valence-corrected chi connectivity index (χ4v) is 5.60. The smallest absolute Gasteiger partial charge is 0.232 e. The largest absolute Gasteiger partial charge is 0.360 e. The fourth-order valence-electron chi connectivity index (χ4n) is 5.34. The van der Waals surface area contributed by atoms with Crippen LogP contribution in [0.4, 0.5) is 17.6 Å². The van der Waals surface area contributed by atoms with Crippen LogP contribution in [0.15, 0.2) is 6.07 Å². The van der Waals surface area contributed by atoms with Crippen molar-refractivity contribution in [2.24, 2.45) is 11.8 Å². The topological polar surface area (TPSA) is 56.3 Å². The van der Waals surface area contributed by atoms with E-state index in [2.05, 4.69) is 40.3 Å². The lowest BCUT2D eigenvalue weighted by atomic mass is 9.92. The van der Waals surface area contributed by atoms with Crippen molar-refractivity contribution in [1.82, 2.24) is 15.3 Å². The monoisotopic (exact) mass is 430 g/mol. The minimum absolute atomic E-state index is 0.488. The highest BCUT2D eigenvalue weighted by atomic mass is 32.1. The van der Waals surface area contributed by atoms with Gasteiger partial charge < -0.3 is 20.4 Å². The Hall–Kier alpha value is -1.63. The lowest BCUT2D eigenvalue weighted by molar-refractivity contribution is 0.355. The summed E-state index contributed by atoms with van der Waals surface area (Å²) in [5.41, 5.74) is 0. The third kappa shape index (κ3) is 5.74. The molecule has 0 amide bonds. The van der Waals surface area contributed by atoms with Crippen LogP contribution in [-0.4, -0.2) is 47.3 Å². The van der Waals surface area contributed by atoms with Crippen LogP contribution in [0, 0.1) is 11.8 Å². The van der Waals surface area contributed by atoms with E-state index in [0.29, 0.717) is 28.9 Å². The first-order valence-corrected chi connectivity index (χ1v) is 12.4. The van der Waals surface area contributed by atoms with E-state index in [9.17, 15) is 0 Å². The molecule has 3 fully saturated rings. The molecule has 1 aliphatic carbocycles. The predicted molar refractivity (Wildman–Crippen MR) is 129 cm³/mol. The Morgan fingerprint density at radius 1 is 0.900 bits per heavy atom. The van der Waals surface area contributed by atoms with E-state index < -0.39 is 0 Å². The van der Waals surface area contributed by atoms with E-state index >= 15 is 0 Å². The molecule has 0 bridgehead atoms. The van der Waals surface area contributed by atoms with Crippen LogP contribution in [0.5, 0.6) is 0 Å². The van der Waals surface area contributed by atoms with Gasteiger partial charge >= 0.3 is 0 Å². The van der Waals surface area contributed by atoms with E-state index in [1.807, 2.05) is 0 Å². The molecule has 0 spiro atoms. The molecule has 0 aromatic carbocycles. The van der Waals surface area contributed by atoms with Gasteiger partial charge in [0.15, 0.2) is 5.11 Å². The molecule has 0 radical (unpaired) electrons. The molecule has 4 rings (SSSR count). The molecule has 3 heterocycles. The molecule has 166 valence electrons. The van der Waals surface area contributed by atoms with Gasteiger partial charge in [-0.1, -0.05) is 39.5 Å². The molecule has 2 atom stereocenters. The van der Waals surface area contributed by atoms with Crippen molar-refractivity contribution >= 4 is 34.9 Å². The number of thiocarbonyl (C=S) groups is 1. The second kappa shape index (κ2) is 10.1. The quantitative estimate of drug-likeness (QED) is 0.679. The summed E-state index contributed by atoms with van der Waals surface area (Å²) in [6.45, 7) is 8.97. The lowest BCUT2D eigenvalue weighted by Gasteiger charge is -2.36. The fraction of sp³-hybridized carbons (Fsp3) is 0.783. The van der Waals surface area contributed by atoms with Gasteiger partial charge in [-0.05, 0) is 56.2 Å². The second-order valence-corrected chi connectivity index (χ2v) is 10.1. The Balaban J connectivity index is 1.55. The molecule has 7 heteroatoms. The highest BCUT2D eigenvalue weighted by Gasteiger charge is 2.25. The van der Waals surface area contributed by atoms with Crippen molar-refractivity contribution in [1.29, 1.82) is 0 Å². The lowest BCUT2D eigenvalue weighted by Crippen LogP contribution is -2.40. The number of nitrogens with one attached hydrogen (secondary N) is 2. The first-order chi connectivity index (χ1) is 14.6. The van der Waals surface area contributed by atoms with Gasteiger partial charge in [0.2, 0.25) is 5.95 Å². The van der Waals surface area contributed by atoms with Crippen LogP contribution in [0.25, 0.3) is 0 Å². The maximum Gasteiger partial charge on any atom is 0.232 e. The first kappa shape index (κ1) is 21.6. The van der Waals surface area contributed by atoms with Crippen molar-refractivity contribution in [3.05, 3.63) is 6.07 Å². The Bertz CT molecular complexity index is 702. The summed E-state index contributed by atoms with van der Waals surface area (Å²) < 4.78 is 0. The predicted octanol–water partition coefficient (Wildman–Crippen LogP) is 4.57. The third-order valence-electron chi connectivity index (χ3n) is 6.74. The maximum absolute atomic E-state index is 5.60. The van der Waals surface area contributed by atoms with Crippen LogP contribution < -0.4 is 20.4 Å². The van der Waals surface area contributed by atoms with Crippen molar-refractivity contribution in [2.45, 2.75) is 77.7 Å². The molecule has 1 saturated carbocycles. The van der Waals surface area contributed by atoms with Gasteiger partial charge in [0, 0.05) is 38.3 Å². The van der Waals surface area contributed by atoms with Crippen LogP contribution >= 0.6 is 12.2 Å². The SMILES string of the molecule is CC1CC(C)CN(c2cc(N3CCCCCC3)nc(NC(=S)NC3CCCC3)n2)C1. The molecule has 2 saturated heterocycles. The number of aromatic nitrogens is 2. The van der Waals surface area contributed by atoms with E-state index in [1.165, 1.54) is 57.8 Å². The number of piperidine rings is 1. The van der Waals surface area contributed by atoms with Crippen LogP contribution in [0.3, 0.4) is 0 Å². The number of anilines is 3. The summed E-state index contributed by atoms with van der Waals surface area (Å²) in [5.74, 6) is 4.08. The van der Waals surface area contributed by atoms with Gasteiger partial charge in [0.25, 0.3) is 0 Å².